The summed E-state index contributed by atoms with van der Waals surface area (Å²) in [5.74, 6) is -0.503. The van der Waals surface area contributed by atoms with Crippen LogP contribution in [0.25, 0.3) is 0 Å². The maximum atomic E-state index is 12.8. The molecule has 0 radical (unpaired) electrons. The third kappa shape index (κ3) is 6.85. The summed E-state index contributed by atoms with van der Waals surface area (Å²) in [6, 6.07) is -0.423. The standard InChI is InChI=1S/C21H39N3O4/c1-12(2)9-15(25)17-16(28-21(7,8)24-17)10-14(13(3)4)18(26)23-11-20(5,6)19(22)27/h12-14,16-17,24H,9-11H2,1-8H3,(H2,22,27)(H,23,26)/t14-,16+,17+/m0/s1. The van der Waals surface area contributed by atoms with Gasteiger partial charge in [0.15, 0.2) is 5.78 Å². The zero-order chi connectivity index (χ0) is 21.9. The van der Waals surface area contributed by atoms with Gasteiger partial charge in [0.1, 0.15) is 5.72 Å². The number of nitrogens with two attached hydrogens (primary N) is 1. The lowest BCUT2D eigenvalue weighted by molar-refractivity contribution is -0.132. The van der Waals surface area contributed by atoms with Gasteiger partial charge in [-0.25, -0.2) is 0 Å². The average Bonchev–Trinajstić information content (AvgIpc) is 2.84. The summed E-state index contributed by atoms with van der Waals surface area (Å²) in [6.45, 7) is 15.3. The fraction of sp³-hybridized carbons (Fsp3) is 0.857. The second-order valence-corrected chi connectivity index (χ2v) is 9.91. The van der Waals surface area contributed by atoms with Gasteiger partial charge in [-0.1, -0.05) is 27.7 Å². The van der Waals surface area contributed by atoms with Crippen LogP contribution in [0.15, 0.2) is 0 Å². The van der Waals surface area contributed by atoms with Gasteiger partial charge in [0.05, 0.1) is 17.6 Å². The van der Waals surface area contributed by atoms with Crippen molar-refractivity contribution in [2.45, 2.75) is 86.1 Å². The molecule has 1 aliphatic heterocycles. The molecule has 0 unspecified atom stereocenters. The molecule has 162 valence electrons. The normalized spacial score (nSPS) is 23.1. The van der Waals surface area contributed by atoms with E-state index in [0.717, 1.165) is 0 Å². The Morgan fingerprint density at radius 1 is 1.18 bits per heavy atom. The molecule has 7 heteroatoms. The van der Waals surface area contributed by atoms with Crippen LogP contribution in [-0.2, 0) is 19.1 Å². The van der Waals surface area contributed by atoms with Crippen LogP contribution in [0.2, 0.25) is 0 Å². The van der Waals surface area contributed by atoms with Gasteiger partial charge in [0.25, 0.3) is 0 Å². The summed E-state index contributed by atoms with van der Waals surface area (Å²) < 4.78 is 6.09. The van der Waals surface area contributed by atoms with E-state index in [1.54, 1.807) is 13.8 Å². The third-order valence-electron chi connectivity index (χ3n) is 5.28. The van der Waals surface area contributed by atoms with Crippen LogP contribution in [0.5, 0.6) is 0 Å². The first-order valence-electron chi connectivity index (χ1n) is 10.2. The SMILES string of the molecule is CC(C)CC(=O)[C@H]1NC(C)(C)O[C@@H]1C[C@H](C(=O)NCC(C)(C)C(N)=O)C(C)C. The molecule has 3 atom stereocenters. The summed E-state index contributed by atoms with van der Waals surface area (Å²) in [6.07, 6.45) is 0.535. The zero-order valence-electron chi connectivity index (χ0n) is 18.7. The molecule has 0 bridgehead atoms. The molecule has 0 aromatic rings. The Hall–Kier alpha value is -1.47. The summed E-state index contributed by atoms with van der Waals surface area (Å²) in [7, 11) is 0. The molecule has 1 fully saturated rings. The van der Waals surface area contributed by atoms with Crippen molar-refractivity contribution in [2.75, 3.05) is 6.54 Å². The van der Waals surface area contributed by atoms with Crippen molar-refractivity contribution in [3.05, 3.63) is 0 Å². The first kappa shape index (κ1) is 24.6. The monoisotopic (exact) mass is 397 g/mol. The van der Waals surface area contributed by atoms with E-state index in [1.165, 1.54) is 0 Å². The van der Waals surface area contributed by atoms with E-state index < -0.39 is 23.1 Å². The number of ketones is 1. The molecular weight excluding hydrogens is 358 g/mol. The second kappa shape index (κ2) is 9.35. The van der Waals surface area contributed by atoms with Crippen LogP contribution in [0.4, 0.5) is 0 Å². The first-order valence-corrected chi connectivity index (χ1v) is 10.2. The molecule has 0 aromatic carbocycles. The minimum Gasteiger partial charge on any atom is -0.369 e. The predicted octanol–water partition coefficient (Wildman–Crippen LogP) is 1.98. The van der Waals surface area contributed by atoms with Crippen LogP contribution in [-0.4, -0.2) is 42.0 Å². The van der Waals surface area contributed by atoms with Gasteiger partial charge < -0.3 is 15.8 Å². The molecule has 1 rings (SSSR count). The number of ether oxygens (including phenoxy) is 1. The van der Waals surface area contributed by atoms with E-state index in [0.29, 0.717) is 12.8 Å². The molecule has 1 saturated heterocycles. The fourth-order valence-corrected chi connectivity index (χ4v) is 3.41. The van der Waals surface area contributed by atoms with Crippen molar-refractivity contribution in [1.82, 2.24) is 10.6 Å². The lowest BCUT2D eigenvalue weighted by Crippen LogP contribution is -2.47. The number of hydrogen-bond donors (Lipinski definition) is 3. The van der Waals surface area contributed by atoms with Gasteiger partial charge in [0, 0.05) is 18.9 Å². The van der Waals surface area contributed by atoms with Crippen LogP contribution in [0, 0.1) is 23.2 Å². The molecule has 28 heavy (non-hydrogen) atoms. The van der Waals surface area contributed by atoms with Gasteiger partial charge in [0.2, 0.25) is 11.8 Å². The van der Waals surface area contributed by atoms with E-state index in [1.807, 2.05) is 41.5 Å². The van der Waals surface area contributed by atoms with E-state index in [4.69, 9.17) is 10.5 Å². The molecule has 4 N–H and O–H groups in total. The Balaban J connectivity index is 2.89. The Morgan fingerprint density at radius 2 is 1.75 bits per heavy atom. The van der Waals surface area contributed by atoms with Crippen molar-refractivity contribution in [1.29, 1.82) is 0 Å². The van der Waals surface area contributed by atoms with Gasteiger partial charge >= 0.3 is 0 Å². The summed E-state index contributed by atoms with van der Waals surface area (Å²) in [4.78, 5) is 37.0. The molecule has 0 spiro atoms. The van der Waals surface area contributed by atoms with Gasteiger partial charge in [-0.2, -0.15) is 0 Å². The van der Waals surface area contributed by atoms with Crippen molar-refractivity contribution in [3.63, 3.8) is 0 Å². The summed E-state index contributed by atoms with van der Waals surface area (Å²) >= 11 is 0. The Bertz CT molecular complexity index is 584. The molecular formula is C21H39N3O4. The number of carbonyl (C=O) groups excluding carboxylic acids is 3. The largest absolute Gasteiger partial charge is 0.369 e. The van der Waals surface area contributed by atoms with E-state index in [-0.39, 0.29) is 42.1 Å². The minimum atomic E-state index is -0.819. The molecule has 2 amide bonds. The van der Waals surface area contributed by atoms with Crippen LogP contribution >= 0.6 is 0 Å². The molecule has 0 saturated carbocycles. The maximum Gasteiger partial charge on any atom is 0.224 e. The number of rotatable bonds is 10. The predicted molar refractivity (Wildman–Crippen MR) is 109 cm³/mol. The second-order valence-electron chi connectivity index (χ2n) is 9.91. The number of hydrogen-bond acceptors (Lipinski definition) is 5. The molecule has 1 aliphatic rings. The summed E-state index contributed by atoms with van der Waals surface area (Å²) in [5, 5.41) is 6.13. The highest BCUT2D eigenvalue weighted by atomic mass is 16.5. The van der Waals surface area contributed by atoms with Crippen LogP contribution in [0.1, 0.15) is 68.2 Å². The van der Waals surface area contributed by atoms with Gasteiger partial charge in [-0.3, -0.25) is 19.7 Å². The van der Waals surface area contributed by atoms with E-state index in [9.17, 15) is 14.4 Å². The highest BCUT2D eigenvalue weighted by Gasteiger charge is 2.45. The lowest BCUT2D eigenvalue weighted by atomic mass is 9.85. The number of nitrogens with one attached hydrogen (secondary N) is 2. The Labute approximate surface area is 169 Å². The highest BCUT2D eigenvalue weighted by molar-refractivity contribution is 5.86. The third-order valence-corrected chi connectivity index (χ3v) is 5.28. The fourth-order valence-electron chi connectivity index (χ4n) is 3.41. The van der Waals surface area contributed by atoms with Gasteiger partial charge in [-0.15, -0.1) is 0 Å². The Kier molecular flexibility index (Phi) is 8.21. The van der Waals surface area contributed by atoms with Gasteiger partial charge in [-0.05, 0) is 46.0 Å². The van der Waals surface area contributed by atoms with Crippen LogP contribution < -0.4 is 16.4 Å². The quantitative estimate of drug-likeness (QED) is 0.522. The Morgan fingerprint density at radius 3 is 2.21 bits per heavy atom. The number of Topliss-reactive ketones (excluding diaryl/α,β-unsaturated/α-hetero) is 1. The van der Waals surface area contributed by atoms with Crippen molar-refractivity contribution in [3.8, 4) is 0 Å². The van der Waals surface area contributed by atoms with Crippen molar-refractivity contribution >= 4 is 17.6 Å². The van der Waals surface area contributed by atoms with Crippen molar-refractivity contribution < 1.29 is 19.1 Å². The topological polar surface area (TPSA) is 111 Å². The van der Waals surface area contributed by atoms with Crippen LogP contribution in [0.3, 0.4) is 0 Å². The number of carbonyl (C=O) groups is 3. The van der Waals surface area contributed by atoms with E-state index >= 15 is 0 Å². The minimum absolute atomic E-state index is 0.0600. The molecule has 1 heterocycles. The molecule has 0 aromatic heterocycles. The average molecular weight is 398 g/mol. The number of amides is 2. The number of primary amides is 1. The summed E-state index contributed by atoms with van der Waals surface area (Å²) in [5.41, 5.74) is 3.95. The van der Waals surface area contributed by atoms with E-state index in [2.05, 4.69) is 10.6 Å². The highest BCUT2D eigenvalue weighted by Crippen LogP contribution is 2.30. The molecule has 7 nitrogen and oxygen atoms in total. The smallest absolute Gasteiger partial charge is 0.224 e. The maximum absolute atomic E-state index is 12.8. The van der Waals surface area contributed by atoms with Crippen molar-refractivity contribution in [2.24, 2.45) is 28.9 Å². The molecule has 0 aliphatic carbocycles. The lowest BCUT2D eigenvalue weighted by Gasteiger charge is -2.28. The zero-order valence-corrected chi connectivity index (χ0v) is 18.7. The first-order chi connectivity index (χ1) is 12.7.